The average molecular weight is 384 g/mol. The van der Waals surface area contributed by atoms with Crippen LogP contribution in [0.25, 0.3) is 0 Å². The Morgan fingerprint density at radius 2 is 1.71 bits per heavy atom. The number of esters is 1. The van der Waals surface area contributed by atoms with E-state index in [1.165, 1.54) is 26.0 Å². The molecule has 1 aromatic carbocycles. The Morgan fingerprint density at radius 3 is 2.32 bits per heavy atom. The Bertz CT molecular complexity index is 777. The van der Waals surface area contributed by atoms with Gasteiger partial charge in [0.1, 0.15) is 0 Å². The summed E-state index contributed by atoms with van der Waals surface area (Å²) in [5.74, 6) is 0.185. The Labute approximate surface area is 165 Å². The molecule has 0 aliphatic heterocycles. The van der Waals surface area contributed by atoms with Gasteiger partial charge in [0.2, 0.25) is 0 Å². The highest BCUT2D eigenvalue weighted by atomic mass is 16.5. The predicted octanol–water partition coefficient (Wildman–Crippen LogP) is 2.91. The topological polar surface area (TPSA) is 84.5 Å². The number of urea groups is 1. The van der Waals surface area contributed by atoms with Crippen LogP contribution in [0.1, 0.15) is 51.0 Å². The molecule has 3 amide bonds. The summed E-state index contributed by atoms with van der Waals surface area (Å²) in [6.45, 7) is 1.52. The first-order chi connectivity index (χ1) is 13.4. The van der Waals surface area contributed by atoms with Gasteiger partial charge in [0.05, 0.1) is 5.41 Å². The smallest absolute Gasteiger partial charge is 0.321 e. The molecule has 4 fully saturated rings. The van der Waals surface area contributed by atoms with Gasteiger partial charge >= 0.3 is 12.0 Å². The van der Waals surface area contributed by atoms with Crippen LogP contribution in [0.15, 0.2) is 30.3 Å². The second kappa shape index (κ2) is 6.90. The molecular formula is C22H28N2O4. The highest BCUT2D eigenvalue weighted by Crippen LogP contribution is 2.66. The number of ether oxygens (including phenoxy) is 1. The maximum atomic E-state index is 13.2. The zero-order valence-electron chi connectivity index (χ0n) is 16.5. The molecular weight excluding hydrogens is 356 g/mol. The maximum Gasteiger partial charge on any atom is 0.321 e. The lowest BCUT2D eigenvalue weighted by Crippen LogP contribution is -2.57. The summed E-state index contributed by atoms with van der Waals surface area (Å²) < 4.78 is 5.59. The van der Waals surface area contributed by atoms with Crippen molar-refractivity contribution in [3.05, 3.63) is 35.9 Å². The van der Waals surface area contributed by atoms with Gasteiger partial charge in [-0.1, -0.05) is 30.3 Å². The van der Waals surface area contributed by atoms with E-state index in [1.807, 2.05) is 6.07 Å². The Balaban J connectivity index is 1.53. The molecule has 1 aromatic rings. The molecule has 28 heavy (non-hydrogen) atoms. The normalized spacial score (nSPS) is 33.8. The van der Waals surface area contributed by atoms with Crippen LogP contribution in [0.5, 0.6) is 0 Å². The molecule has 4 saturated carbocycles. The molecule has 5 atom stereocenters. The minimum atomic E-state index is -0.995. The van der Waals surface area contributed by atoms with Crippen molar-refractivity contribution in [2.45, 2.75) is 57.0 Å². The quantitative estimate of drug-likeness (QED) is 0.782. The average Bonchev–Trinajstić information content (AvgIpc) is 2.67. The van der Waals surface area contributed by atoms with Crippen molar-refractivity contribution in [1.82, 2.24) is 10.6 Å². The number of carbonyl (C=O) groups excluding carboxylic acids is 3. The van der Waals surface area contributed by atoms with Gasteiger partial charge in [-0.15, -0.1) is 0 Å². The predicted molar refractivity (Wildman–Crippen MR) is 103 cm³/mol. The number of nitrogens with one attached hydrogen (secondary N) is 2. The van der Waals surface area contributed by atoms with E-state index in [9.17, 15) is 14.4 Å². The molecule has 4 aliphatic carbocycles. The first-order valence-electron chi connectivity index (χ1n) is 10.1. The number of amides is 3. The fourth-order valence-corrected chi connectivity index (χ4v) is 6.25. The van der Waals surface area contributed by atoms with E-state index in [-0.39, 0.29) is 11.4 Å². The second-order valence-electron chi connectivity index (χ2n) is 9.00. The van der Waals surface area contributed by atoms with Crippen molar-refractivity contribution in [3.63, 3.8) is 0 Å². The summed E-state index contributed by atoms with van der Waals surface area (Å²) >= 11 is 0. The molecule has 6 nitrogen and oxygen atoms in total. The number of hydrogen-bond donors (Lipinski definition) is 2. The summed E-state index contributed by atoms with van der Waals surface area (Å²) in [6.07, 6.45) is 4.95. The second-order valence-corrected chi connectivity index (χ2v) is 9.00. The van der Waals surface area contributed by atoms with Crippen molar-refractivity contribution in [1.29, 1.82) is 0 Å². The first kappa shape index (κ1) is 19.0. The van der Waals surface area contributed by atoms with E-state index < -0.39 is 23.5 Å². The van der Waals surface area contributed by atoms with Gasteiger partial charge in [-0.05, 0) is 68.3 Å². The summed E-state index contributed by atoms with van der Waals surface area (Å²) in [6, 6.07) is 9.94. The van der Waals surface area contributed by atoms with Crippen LogP contribution in [-0.4, -0.2) is 31.1 Å². The molecule has 4 aliphatic rings. The van der Waals surface area contributed by atoms with Crippen molar-refractivity contribution in [2.24, 2.45) is 17.3 Å². The van der Waals surface area contributed by atoms with Gasteiger partial charge in [0.15, 0.2) is 6.10 Å². The van der Waals surface area contributed by atoms with Gasteiger partial charge in [0.25, 0.3) is 5.91 Å². The number of hydrogen-bond acceptors (Lipinski definition) is 4. The van der Waals surface area contributed by atoms with Crippen LogP contribution >= 0.6 is 0 Å². The Kier molecular flexibility index (Phi) is 4.68. The standard InChI is InChI=1S/C22H28N2O4/c1-14(18(25)24-20(27)23-2)28-19(26)22-11-15-8-16(12-22)10-21(9-15,13-22)17-6-4-3-5-7-17/h3-7,14-16H,8-13H2,1-2H3,(H2,23,24,25,27)/t14-,15-,16+,21?,22?/m0/s1. The molecule has 6 heteroatoms. The third kappa shape index (κ3) is 3.19. The van der Waals surface area contributed by atoms with Crippen LogP contribution in [0, 0.1) is 17.3 Å². The maximum absolute atomic E-state index is 13.2. The number of imide groups is 1. The molecule has 2 unspecified atom stereocenters. The van der Waals surface area contributed by atoms with Crippen molar-refractivity contribution < 1.29 is 19.1 Å². The van der Waals surface area contributed by atoms with Gasteiger partial charge in [-0.25, -0.2) is 4.79 Å². The van der Waals surface area contributed by atoms with Crippen molar-refractivity contribution in [3.8, 4) is 0 Å². The minimum Gasteiger partial charge on any atom is -0.452 e. The zero-order valence-corrected chi connectivity index (χ0v) is 16.5. The van der Waals surface area contributed by atoms with Crippen LogP contribution < -0.4 is 10.6 Å². The summed E-state index contributed by atoms with van der Waals surface area (Å²) in [4.78, 5) is 36.7. The molecule has 0 spiro atoms. The van der Waals surface area contributed by atoms with E-state index in [4.69, 9.17) is 4.74 Å². The van der Waals surface area contributed by atoms with Gasteiger partial charge in [-0.3, -0.25) is 14.9 Å². The monoisotopic (exact) mass is 384 g/mol. The van der Waals surface area contributed by atoms with Crippen molar-refractivity contribution in [2.75, 3.05) is 7.05 Å². The number of rotatable bonds is 4. The lowest BCUT2D eigenvalue weighted by Gasteiger charge is -2.61. The van der Waals surface area contributed by atoms with E-state index in [1.54, 1.807) is 0 Å². The van der Waals surface area contributed by atoms with Crippen LogP contribution in [0.3, 0.4) is 0 Å². The van der Waals surface area contributed by atoms with Crippen molar-refractivity contribution >= 4 is 17.9 Å². The molecule has 150 valence electrons. The molecule has 2 N–H and O–H groups in total. The largest absolute Gasteiger partial charge is 0.452 e. The third-order valence-electron chi connectivity index (χ3n) is 7.00. The third-order valence-corrected chi connectivity index (χ3v) is 7.00. The van der Waals surface area contributed by atoms with E-state index in [0.717, 1.165) is 32.1 Å². The highest BCUT2D eigenvalue weighted by Gasteiger charge is 2.61. The van der Waals surface area contributed by atoms with Crippen LogP contribution in [0.4, 0.5) is 4.79 Å². The zero-order chi connectivity index (χ0) is 19.9. The summed E-state index contributed by atoms with van der Waals surface area (Å²) in [7, 11) is 1.43. The number of carbonyl (C=O) groups is 3. The Hall–Kier alpha value is -2.37. The summed E-state index contributed by atoms with van der Waals surface area (Å²) in [5.41, 5.74) is 0.853. The lowest BCUT2D eigenvalue weighted by molar-refractivity contribution is -0.180. The van der Waals surface area contributed by atoms with Crippen LogP contribution in [-0.2, 0) is 19.7 Å². The lowest BCUT2D eigenvalue weighted by atomic mass is 9.43. The van der Waals surface area contributed by atoms with Gasteiger partial charge in [0, 0.05) is 7.05 Å². The van der Waals surface area contributed by atoms with Crippen LogP contribution in [0.2, 0.25) is 0 Å². The minimum absolute atomic E-state index is 0.0396. The molecule has 0 heterocycles. The first-order valence-corrected chi connectivity index (χ1v) is 10.1. The number of benzene rings is 1. The van der Waals surface area contributed by atoms with E-state index >= 15 is 0 Å². The molecule has 0 saturated heterocycles. The fourth-order valence-electron chi connectivity index (χ4n) is 6.25. The van der Waals surface area contributed by atoms with Gasteiger partial charge < -0.3 is 10.1 Å². The fraction of sp³-hybridized carbons (Fsp3) is 0.591. The SMILES string of the molecule is CNC(=O)NC(=O)[C@H](C)OC(=O)C12C[C@H]3C[C@@H](C1)CC(c1ccccc1)(C3)C2. The van der Waals surface area contributed by atoms with E-state index in [2.05, 4.69) is 34.9 Å². The molecule has 5 rings (SSSR count). The molecule has 0 aromatic heterocycles. The van der Waals surface area contributed by atoms with Gasteiger partial charge in [-0.2, -0.15) is 0 Å². The Morgan fingerprint density at radius 1 is 1.07 bits per heavy atom. The summed E-state index contributed by atoms with van der Waals surface area (Å²) in [5, 5.41) is 4.50. The molecule has 4 bridgehead atoms. The van der Waals surface area contributed by atoms with E-state index in [0.29, 0.717) is 11.8 Å². The highest BCUT2D eigenvalue weighted by molar-refractivity contribution is 5.97. The molecule has 0 radical (unpaired) electrons.